The van der Waals surface area contributed by atoms with Gasteiger partial charge >= 0.3 is 0 Å². The highest BCUT2D eigenvalue weighted by atomic mass is 35.5. The first-order chi connectivity index (χ1) is 6.86. The number of rotatable bonds is 1. The Hall–Kier alpha value is -0.750. The Morgan fingerprint density at radius 2 is 1.86 bits per heavy atom. The molecular weight excluding hydrogens is 192 g/mol. The van der Waals surface area contributed by atoms with E-state index in [1.54, 1.807) is 0 Å². The summed E-state index contributed by atoms with van der Waals surface area (Å²) in [5.41, 5.74) is 2.75. The average molecular weight is 207 g/mol. The molecule has 74 valence electrons. The van der Waals surface area contributed by atoms with Crippen LogP contribution in [0.3, 0.4) is 0 Å². The Bertz CT molecular complexity index is 313. The molecule has 1 aliphatic carbocycles. The van der Waals surface area contributed by atoms with Gasteiger partial charge in [0.1, 0.15) is 0 Å². The van der Waals surface area contributed by atoms with Crippen molar-refractivity contribution in [3.05, 3.63) is 42.0 Å². The van der Waals surface area contributed by atoms with Crippen LogP contribution in [0.25, 0.3) is 5.57 Å². The average Bonchev–Trinajstić information content (AvgIpc) is 2.44. The third kappa shape index (κ3) is 2.39. The quantitative estimate of drug-likeness (QED) is 0.603. The summed E-state index contributed by atoms with van der Waals surface area (Å²) in [6, 6.07) is 10.6. The SMILES string of the molecule is ClC1C=C(c2ccccc2)CCCC1. The van der Waals surface area contributed by atoms with Crippen molar-refractivity contribution in [2.75, 3.05) is 0 Å². The molecule has 1 aromatic carbocycles. The first kappa shape index (κ1) is 9.79. The van der Waals surface area contributed by atoms with Crippen LogP contribution in [-0.4, -0.2) is 5.38 Å². The van der Waals surface area contributed by atoms with E-state index < -0.39 is 0 Å². The monoisotopic (exact) mass is 206 g/mol. The summed E-state index contributed by atoms with van der Waals surface area (Å²) in [5, 5.41) is 0.229. The van der Waals surface area contributed by atoms with Gasteiger partial charge in [0, 0.05) is 0 Å². The van der Waals surface area contributed by atoms with Crippen LogP contribution in [0.4, 0.5) is 0 Å². The van der Waals surface area contributed by atoms with Crippen molar-refractivity contribution in [1.29, 1.82) is 0 Å². The summed E-state index contributed by atoms with van der Waals surface area (Å²) in [7, 11) is 0. The molecule has 0 saturated heterocycles. The minimum atomic E-state index is 0.229. The maximum absolute atomic E-state index is 6.19. The zero-order valence-corrected chi connectivity index (χ0v) is 9.00. The molecule has 0 spiro atoms. The van der Waals surface area contributed by atoms with Gasteiger partial charge in [-0.3, -0.25) is 0 Å². The van der Waals surface area contributed by atoms with Crippen molar-refractivity contribution < 1.29 is 0 Å². The van der Waals surface area contributed by atoms with E-state index in [1.807, 2.05) is 0 Å². The van der Waals surface area contributed by atoms with E-state index in [9.17, 15) is 0 Å². The van der Waals surface area contributed by atoms with Gasteiger partial charge in [0.15, 0.2) is 0 Å². The third-order valence-corrected chi connectivity index (χ3v) is 3.05. The summed E-state index contributed by atoms with van der Waals surface area (Å²) in [6.07, 6.45) is 7.04. The first-order valence-electron chi connectivity index (χ1n) is 5.26. The van der Waals surface area contributed by atoms with Crippen LogP contribution in [0.5, 0.6) is 0 Å². The van der Waals surface area contributed by atoms with E-state index in [0.717, 1.165) is 6.42 Å². The second-order valence-corrected chi connectivity index (χ2v) is 4.38. The van der Waals surface area contributed by atoms with Gasteiger partial charge in [-0.15, -0.1) is 11.6 Å². The molecule has 1 aliphatic rings. The number of alkyl halides is 1. The molecule has 0 nitrogen and oxygen atoms in total. The lowest BCUT2D eigenvalue weighted by atomic mass is 10.0. The fourth-order valence-corrected chi connectivity index (χ4v) is 2.24. The zero-order valence-electron chi connectivity index (χ0n) is 8.25. The second-order valence-electron chi connectivity index (χ2n) is 3.82. The molecule has 1 aromatic rings. The predicted octanol–water partition coefficient (Wildman–Crippen LogP) is 4.25. The van der Waals surface area contributed by atoms with E-state index in [-0.39, 0.29) is 5.38 Å². The van der Waals surface area contributed by atoms with Crippen molar-refractivity contribution in [3.63, 3.8) is 0 Å². The molecule has 0 aliphatic heterocycles. The Kier molecular flexibility index (Phi) is 3.26. The van der Waals surface area contributed by atoms with Crippen LogP contribution in [0, 0.1) is 0 Å². The van der Waals surface area contributed by atoms with Crippen LogP contribution in [0.1, 0.15) is 31.2 Å². The van der Waals surface area contributed by atoms with Gasteiger partial charge in [0.2, 0.25) is 0 Å². The van der Waals surface area contributed by atoms with E-state index in [0.29, 0.717) is 0 Å². The molecule has 1 heteroatoms. The number of hydrogen-bond donors (Lipinski definition) is 0. The summed E-state index contributed by atoms with van der Waals surface area (Å²) in [6.45, 7) is 0. The lowest BCUT2D eigenvalue weighted by molar-refractivity contribution is 0.724. The van der Waals surface area contributed by atoms with E-state index in [1.165, 1.54) is 30.4 Å². The summed E-state index contributed by atoms with van der Waals surface area (Å²) in [5.74, 6) is 0. The van der Waals surface area contributed by atoms with Gasteiger partial charge < -0.3 is 0 Å². The standard InChI is InChI=1S/C13H15Cl/c14-13-9-5-4-8-12(10-13)11-6-2-1-3-7-11/h1-3,6-7,10,13H,4-5,8-9H2. The minimum Gasteiger partial charge on any atom is -0.118 e. The maximum atomic E-state index is 6.19. The molecule has 0 bridgehead atoms. The first-order valence-corrected chi connectivity index (χ1v) is 5.70. The van der Waals surface area contributed by atoms with Crippen molar-refractivity contribution in [2.45, 2.75) is 31.1 Å². The van der Waals surface area contributed by atoms with E-state index >= 15 is 0 Å². The van der Waals surface area contributed by atoms with Crippen LogP contribution in [0.2, 0.25) is 0 Å². The lowest BCUT2D eigenvalue weighted by Gasteiger charge is -2.05. The maximum Gasteiger partial charge on any atom is 0.0521 e. The minimum absolute atomic E-state index is 0.229. The number of benzene rings is 1. The normalized spacial score (nSPS) is 22.6. The van der Waals surface area contributed by atoms with Crippen molar-refractivity contribution >= 4 is 17.2 Å². The van der Waals surface area contributed by atoms with Gasteiger partial charge in [-0.25, -0.2) is 0 Å². The molecular formula is C13H15Cl. The molecule has 0 amide bonds. The van der Waals surface area contributed by atoms with Gasteiger partial charge in [-0.05, 0) is 30.4 Å². The van der Waals surface area contributed by atoms with Crippen molar-refractivity contribution in [2.24, 2.45) is 0 Å². The van der Waals surface area contributed by atoms with Crippen molar-refractivity contribution in [1.82, 2.24) is 0 Å². The smallest absolute Gasteiger partial charge is 0.0521 e. The zero-order chi connectivity index (χ0) is 9.80. The molecule has 0 heterocycles. The second kappa shape index (κ2) is 4.65. The number of hydrogen-bond acceptors (Lipinski definition) is 0. The predicted molar refractivity (Wildman–Crippen MR) is 62.5 cm³/mol. The highest BCUT2D eigenvalue weighted by Crippen LogP contribution is 2.27. The lowest BCUT2D eigenvalue weighted by Crippen LogP contribution is -1.91. The van der Waals surface area contributed by atoms with Crippen molar-refractivity contribution in [3.8, 4) is 0 Å². The van der Waals surface area contributed by atoms with Crippen LogP contribution in [-0.2, 0) is 0 Å². The number of halogens is 1. The summed E-state index contributed by atoms with van der Waals surface area (Å²) >= 11 is 6.19. The molecule has 0 aromatic heterocycles. The fourth-order valence-electron chi connectivity index (χ4n) is 1.93. The fraction of sp³-hybridized carbons (Fsp3) is 0.385. The Morgan fingerprint density at radius 3 is 2.64 bits per heavy atom. The Labute approximate surface area is 90.6 Å². The molecule has 1 unspecified atom stereocenters. The third-order valence-electron chi connectivity index (χ3n) is 2.70. The highest BCUT2D eigenvalue weighted by Gasteiger charge is 2.10. The van der Waals surface area contributed by atoms with E-state index in [2.05, 4.69) is 36.4 Å². The van der Waals surface area contributed by atoms with Gasteiger partial charge in [0.25, 0.3) is 0 Å². The van der Waals surface area contributed by atoms with Gasteiger partial charge in [0.05, 0.1) is 5.38 Å². The molecule has 0 fully saturated rings. The highest BCUT2D eigenvalue weighted by molar-refractivity contribution is 6.22. The molecule has 14 heavy (non-hydrogen) atoms. The van der Waals surface area contributed by atoms with Gasteiger partial charge in [-0.2, -0.15) is 0 Å². The van der Waals surface area contributed by atoms with Crippen LogP contribution < -0.4 is 0 Å². The largest absolute Gasteiger partial charge is 0.118 e. The molecule has 1 atom stereocenters. The number of allylic oxidation sites excluding steroid dienone is 2. The Morgan fingerprint density at radius 1 is 1.07 bits per heavy atom. The van der Waals surface area contributed by atoms with Crippen LogP contribution in [0.15, 0.2) is 36.4 Å². The Balaban J connectivity index is 2.24. The summed E-state index contributed by atoms with van der Waals surface area (Å²) < 4.78 is 0. The summed E-state index contributed by atoms with van der Waals surface area (Å²) in [4.78, 5) is 0. The molecule has 0 radical (unpaired) electrons. The van der Waals surface area contributed by atoms with Crippen LogP contribution >= 0.6 is 11.6 Å². The van der Waals surface area contributed by atoms with E-state index in [4.69, 9.17) is 11.6 Å². The topological polar surface area (TPSA) is 0 Å². The molecule has 2 rings (SSSR count). The molecule has 0 saturated carbocycles. The van der Waals surface area contributed by atoms with Gasteiger partial charge in [-0.1, -0.05) is 42.8 Å². The molecule has 0 N–H and O–H groups in total.